The number of rotatable bonds is 3. The molecule has 1 aromatic heterocycles. The van der Waals surface area contributed by atoms with Crippen LogP contribution in [0, 0.1) is 6.92 Å². The van der Waals surface area contributed by atoms with Crippen LogP contribution in [-0.2, 0) is 0 Å². The van der Waals surface area contributed by atoms with Crippen LogP contribution < -0.4 is 10.1 Å². The number of anilines is 2. The summed E-state index contributed by atoms with van der Waals surface area (Å²) in [6, 6.07) is 5.74. The molecule has 0 aliphatic carbocycles. The molecule has 0 aliphatic heterocycles. The van der Waals surface area contributed by atoms with Gasteiger partial charge in [0, 0.05) is 5.69 Å². The van der Waals surface area contributed by atoms with E-state index in [1.807, 2.05) is 25.1 Å². The summed E-state index contributed by atoms with van der Waals surface area (Å²) < 4.78 is 13.1. The van der Waals surface area contributed by atoms with Crippen LogP contribution in [-0.4, -0.2) is 15.9 Å². The third-order valence-corrected chi connectivity index (χ3v) is 3.03. The fourth-order valence-electron chi connectivity index (χ4n) is 1.28. The molecule has 0 saturated carbocycles. The van der Waals surface area contributed by atoms with Crippen LogP contribution >= 0.6 is 23.3 Å². The molecule has 2 aromatic rings. The van der Waals surface area contributed by atoms with Crippen molar-refractivity contribution in [3.8, 4) is 5.75 Å². The molecule has 1 aromatic carbocycles. The molecule has 0 spiro atoms. The van der Waals surface area contributed by atoms with Crippen molar-refractivity contribution in [1.29, 1.82) is 0 Å². The van der Waals surface area contributed by atoms with E-state index in [1.165, 1.54) is 0 Å². The van der Waals surface area contributed by atoms with Crippen molar-refractivity contribution in [2.75, 3.05) is 12.4 Å². The van der Waals surface area contributed by atoms with Gasteiger partial charge in [0.2, 0.25) is 0 Å². The topological polar surface area (TPSA) is 47.0 Å². The van der Waals surface area contributed by atoms with Crippen molar-refractivity contribution >= 4 is 34.8 Å². The summed E-state index contributed by atoms with van der Waals surface area (Å²) in [6.45, 7) is 1.98. The lowest BCUT2D eigenvalue weighted by Gasteiger charge is -2.08. The van der Waals surface area contributed by atoms with E-state index in [-0.39, 0.29) is 0 Å². The summed E-state index contributed by atoms with van der Waals surface area (Å²) in [7, 11) is 1.64. The van der Waals surface area contributed by atoms with Crippen molar-refractivity contribution < 1.29 is 4.74 Å². The predicted molar refractivity (Wildman–Crippen MR) is 65.9 cm³/mol. The molecule has 4 nitrogen and oxygen atoms in total. The average molecular weight is 256 g/mol. The zero-order chi connectivity index (χ0) is 11.5. The van der Waals surface area contributed by atoms with E-state index in [0.29, 0.717) is 11.0 Å². The number of aromatic nitrogens is 2. The highest BCUT2D eigenvalue weighted by molar-refractivity contribution is 6.99. The second-order valence-electron chi connectivity index (χ2n) is 3.21. The molecular weight excluding hydrogens is 246 g/mol. The number of nitrogens with zero attached hydrogens (tertiary/aromatic N) is 2. The molecule has 1 heterocycles. The Kier molecular flexibility index (Phi) is 3.26. The normalized spacial score (nSPS) is 10.2. The summed E-state index contributed by atoms with van der Waals surface area (Å²) in [5, 5.41) is 3.51. The molecule has 0 fully saturated rings. The van der Waals surface area contributed by atoms with Crippen molar-refractivity contribution in [3.05, 3.63) is 28.9 Å². The molecule has 2 rings (SSSR count). The molecule has 0 amide bonds. The molecule has 0 saturated heterocycles. The molecule has 0 atom stereocenters. The highest BCUT2D eigenvalue weighted by atomic mass is 35.5. The number of benzene rings is 1. The SMILES string of the molecule is COc1ccc(Nc2nsnc2Cl)c(C)c1. The first kappa shape index (κ1) is 11.2. The second-order valence-corrected chi connectivity index (χ2v) is 4.10. The van der Waals surface area contributed by atoms with Gasteiger partial charge in [-0.2, -0.15) is 8.75 Å². The zero-order valence-electron chi connectivity index (χ0n) is 8.82. The monoisotopic (exact) mass is 255 g/mol. The highest BCUT2D eigenvalue weighted by Crippen LogP contribution is 2.27. The summed E-state index contributed by atoms with van der Waals surface area (Å²) >= 11 is 6.93. The van der Waals surface area contributed by atoms with Crippen molar-refractivity contribution in [1.82, 2.24) is 8.75 Å². The van der Waals surface area contributed by atoms with E-state index in [2.05, 4.69) is 14.1 Å². The van der Waals surface area contributed by atoms with Gasteiger partial charge >= 0.3 is 0 Å². The molecule has 84 valence electrons. The predicted octanol–water partition coefficient (Wildman–Crippen LogP) is 3.25. The minimum atomic E-state index is 0.389. The van der Waals surface area contributed by atoms with Gasteiger partial charge in [0.25, 0.3) is 0 Å². The van der Waals surface area contributed by atoms with Crippen molar-refractivity contribution in [2.24, 2.45) is 0 Å². The van der Waals surface area contributed by atoms with E-state index in [0.717, 1.165) is 28.7 Å². The third kappa shape index (κ3) is 2.25. The lowest BCUT2D eigenvalue weighted by Crippen LogP contribution is -1.94. The Morgan fingerprint density at radius 2 is 2.19 bits per heavy atom. The van der Waals surface area contributed by atoms with Gasteiger partial charge in [-0.25, -0.2) is 0 Å². The van der Waals surface area contributed by atoms with Gasteiger partial charge < -0.3 is 10.1 Å². The first-order valence-electron chi connectivity index (χ1n) is 4.60. The number of nitrogens with one attached hydrogen (secondary N) is 1. The maximum absolute atomic E-state index is 5.85. The molecule has 0 aliphatic rings. The Bertz CT molecular complexity index is 501. The van der Waals surface area contributed by atoms with Crippen LogP contribution in [0.15, 0.2) is 18.2 Å². The fraction of sp³-hybridized carbons (Fsp3) is 0.200. The Morgan fingerprint density at radius 3 is 2.75 bits per heavy atom. The largest absolute Gasteiger partial charge is 0.497 e. The summed E-state index contributed by atoms with van der Waals surface area (Å²) in [6.07, 6.45) is 0. The van der Waals surface area contributed by atoms with Crippen LogP contribution in [0.5, 0.6) is 5.75 Å². The molecule has 6 heteroatoms. The molecular formula is C10H10ClN3OS. The summed E-state index contributed by atoms with van der Waals surface area (Å²) in [5.74, 6) is 1.41. The first-order chi connectivity index (χ1) is 7.70. The van der Waals surface area contributed by atoms with Crippen LogP contribution in [0.25, 0.3) is 0 Å². The van der Waals surface area contributed by atoms with E-state index in [9.17, 15) is 0 Å². The average Bonchev–Trinajstić information content (AvgIpc) is 2.67. The number of methoxy groups -OCH3 is 1. The first-order valence-corrected chi connectivity index (χ1v) is 5.71. The second kappa shape index (κ2) is 4.67. The van der Waals surface area contributed by atoms with Crippen LogP contribution in [0.3, 0.4) is 0 Å². The molecule has 1 N–H and O–H groups in total. The van der Waals surface area contributed by atoms with Gasteiger partial charge in [0.05, 0.1) is 18.8 Å². The maximum atomic E-state index is 5.85. The van der Waals surface area contributed by atoms with E-state index >= 15 is 0 Å². The van der Waals surface area contributed by atoms with Gasteiger partial charge in [0.15, 0.2) is 11.0 Å². The quantitative estimate of drug-likeness (QED) is 0.915. The number of ether oxygens (including phenoxy) is 1. The standard InChI is InChI=1S/C10H10ClN3OS/c1-6-5-7(15-2)3-4-8(6)12-10-9(11)13-16-14-10/h3-5H,1-2H3,(H,12,14). The van der Waals surface area contributed by atoms with Gasteiger partial charge in [-0.05, 0) is 30.7 Å². The fourth-order valence-corrected chi connectivity index (χ4v) is 1.93. The van der Waals surface area contributed by atoms with Crippen molar-refractivity contribution in [2.45, 2.75) is 6.92 Å². The number of hydrogen-bond acceptors (Lipinski definition) is 5. The third-order valence-electron chi connectivity index (χ3n) is 2.14. The van der Waals surface area contributed by atoms with Gasteiger partial charge in [-0.15, -0.1) is 0 Å². The lowest BCUT2D eigenvalue weighted by molar-refractivity contribution is 0.414. The molecule has 0 bridgehead atoms. The van der Waals surface area contributed by atoms with Crippen LogP contribution in [0.1, 0.15) is 5.56 Å². The minimum Gasteiger partial charge on any atom is -0.497 e. The summed E-state index contributed by atoms with van der Waals surface area (Å²) in [4.78, 5) is 0. The Balaban J connectivity index is 2.25. The van der Waals surface area contributed by atoms with Gasteiger partial charge in [-0.1, -0.05) is 11.6 Å². The lowest BCUT2D eigenvalue weighted by atomic mass is 10.2. The minimum absolute atomic E-state index is 0.389. The number of hydrogen-bond donors (Lipinski definition) is 1. The Hall–Kier alpha value is -1.33. The molecule has 0 unspecified atom stereocenters. The van der Waals surface area contributed by atoms with Gasteiger partial charge in [0.1, 0.15) is 5.75 Å². The number of aryl methyl sites for hydroxylation is 1. The Morgan fingerprint density at radius 1 is 1.38 bits per heavy atom. The molecule has 0 radical (unpaired) electrons. The number of halogens is 1. The van der Waals surface area contributed by atoms with Crippen LogP contribution in [0.4, 0.5) is 11.5 Å². The smallest absolute Gasteiger partial charge is 0.187 e. The Labute approximate surface area is 103 Å². The maximum Gasteiger partial charge on any atom is 0.187 e. The van der Waals surface area contributed by atoms with E-state index in [4.69, 9.17) is 16.3 Å². The van der Waals surface area contributed by atoms with E-state index in [1.54, 1.807) is 7.11 Å². The molecule has 16 heavy (non-hydrogen) atoms. The van der Waals surface area contributed by atoms with Gasteiger partial charge in [-0.3, -0.25) is 0 Å². The zero-order valence-corrected chi connectivity index (χ0v) is 10.4. The summed E-state index contributed by atoms with van der Waals surface area (Å²) in [5.41, 5.74) is 2.00. The van der Waals surface area contributed by atoms with Crippen molar-refractivity contribution in [3.63, 3.8) is 0 Å². The van der Waals surface area contributed by atoms with E-state index < -0.39 is 0 Å². The highest BCUT2D eigenvalue weighted by Gasteiger charge is 2.07. The van der Waals surface area contributed by atoms with Crippen LogP contribution in [0.2, 0.25) is 5.15 Å².